The first-order valence-corrected chi connectivity index (χ1v) is 6.96. The Hall–Kier alpha value is -2.04. The van der Waals surface area contributed by atoms with Crippen LogP contribution in [-0.4, -0.2) is 17.9 Å². The SMILES string of the molecule is Cc1cccc(OC(C)C(=O)NNC(=O)C(C)(C)C)c1C. The maximum atomic E-state index is 11.9. The number of hydrazine groups is 1. The fraction of sp³-hybridized carbons (Fsp3) is 0.500. The van der Waals surface area contributed by atoms with Gasteiger partial charge < -0.3 is 4.74 Å². The molecule has 2 N–H and O–H groups in total. The van der Waals surface area contributed by atoms with E-state index in [-0.39, 0.29) is 5.91 Å². The molecule has 0 fully saturated rings. The molecule has 21 heavy (non-hydrogen) atoms. The largest absolute Gasteiger partial charge is 0.481 e. The van der Waals surface area contributed by atoms with Crippen LogP contribution < -0.4 is 15.6 Å². The minimum absolute atomic E-state index is 0.255. The van der Waals surface area contributed by atoms with Crippen molar-refractivity contribution in [2.75, 3.05) is 0 Å². The molecule has 0 aliphatic rings. The van der Waals surface area contributed by atoms with Gasteiger partial charge in [0.2, 0.25) is 5.91 Å². The summed E-state index contributed by atoms with van der Waals surface area (Å²) in [6.07, 6.45) is -0.703. The quantitative estimate of drug-likeness (QED) is 0.840. The van der Waals surface area contributed by atoms with Crippen molar-refractivity contribution >= 4 is 11.8 Å². The van der Waals surface area contributed by atoms with Gasteiger partial charge in [0.15, 0.2) is 6.10 Å². The van der Waals surface area contributed by atoms with Crippen LogP contribution in [0, 0.1) is 19.3 Å². The van der Waals surface area contributed by atoms with E-state index in [4.69, 9.17) is 4.74 Å². The number of aryl methyl sites for hydroxylation is 1. The molecule has 1 atom stereocenters. The van der Waals surface area contributed by atoms with Crippen LogP contribution in [0.4, 0.5) is 0 Å². The zero-order chi connectivity index (χ0) is 16.2. The fourth-order valence-electron chi connectivity index (χ4n) is 1.50. The van der Waals surface area contributed by atoms with Gasteiger partial charge in [-0.3, -0.25) is 20.4 Å². The molecule has 1 aromatic rings. The van der Waals surface area contributed by atoms with Gasteiger partial charge in [0.1, 0.15) is 5.75 Å². The van der Waals surface area contributed by atoms with Crippen LogP contribution >= 0.6 is 0 Å². The van der Waals surface area contributed by atoms with Gasteiger partial charge in [0, 0.05) is 5.41 Å². The zero-order valence-corrected chi connectivity index (χ0v) is 13.5. The third-order valence-corrected chi connectivity index (χ3v) is 3.21. The summed E-state index contributed by atoms with van der Waals surface area (Å²) in [5.41, 5.74) is 6.31. The highest BCUT2D eigenvalue weighted by atomic mass is 16.5. The predicted molar refractivity (Wildman–Crippen MR) is 81.7 cm³/mol. The summed E-state index contributed by atoms with van der Waals surface area (Å²) >= 11 is 0. The predicted octanol–water partition coefficient (Wildman–Crippen LogP) is 2.26. The van der Waals surface area contributed by atoms with Crippen LogP contribution in [0.25, 0.3) is 0 Å². The van der Waals surface area contributed by atoms with Crippen LogP contribution in [0.5, 0.6) is 5.75 Å². The maximum absolute atomic E-state index is 11.9. The third kappa shape index (κ3) is 4.77. The summed E-state index contributed by atoms with van der Waals surface area (Å²) in [5, 5.41) is 0. The van der Waals surface area contributed by atoms with Crippen LogP contribution in [0.15, 0.2) is 18.2 Å². The lowest BCUT2D eigenvalue weighted by atomic mass is 9.96. The second-order valence-corrected chi connectivity index (χ2v) is 6.15. The van der Waals surface area contributed by atoms with Crippen LogP contribution in [-0.2, 0) is 9.59 Å². The number of hydrogen-bond acceptors (Lipinski definition) is 3. The van der Waals surface area contributed by atoms with Crippen LogP contribution in [0.2, 0.25) is 0 Å². The maximum Gasteiger partial charge on any atom is 0.279 e. The van der Waals surface area contributed by atoms with Crippen molar-refractivity contribution < 1.29 is 14.3 Å². The highest BCUT2D eigenvalue weighted by Crippen LogP contribution is 2.21. The Balaban J connectivity index is 2.60. The van der Waals surface area contributed by atoms with Gasteiger partial charge >= 0.3 is 0 Å². The van der Waals surface area contributed by atoms with E-state index in [1.807, 2.05) is 32.0 Å². The van der Waals surface area contributed by atoms with Crippen molar-refractivity contribution in [3.63, 3.8) is 0 Å². The molecular formula is C16H24N2O3. The summed E-state index contributed by atoms with van der Waals surface area (Å²) in [4.78, 5) is 23.6. The van der Waals surface area contributed by atoms with E-state index in [0.29, 0.717) is 5.75 Å². The van der Waals surface area contributed by atoms with Crippen LogP contribution in [0.3, 0.4) is 0 Å². The topological polar surface area (TPSA) is 67.4 Å². The Morgan fingerprint density at radius 3 is 2.33 bits per heavy atom. The summed E-state index contributed by atoms with van der Waals surface area (Å²) in [6.45, 7) is 10.9. The minimum Gasteiger partial charge on any atom is -0.481 e. The Morgan fingerprint density at radius 2 is 1.76 bits per heavy atom. The van der Waals surface area contributed by atoms with E-state index in [0.717, 1.165) is 11.1 Å². The number of carbonyl (C=O) groups is 2. The molecule has 0 aromatic heterocycles. The molecule has 2 amide bonds. The first-order valence-electron chi connectivity index (χ1n) is 6.96. The zero-order valence-electron chi connectivity index (χ0n) is 13.5. The van der Waals surface area contributed by atoms with E-state index in [1.165, 1.54) is 0 Å². The van der Waals surface area contributed by atoms with Gasteiger partial charge in [-0.15, -0.1) is 0 Å². The molecule has 5 heteroatoms. The molecule has 0 saturated heterocycles. The number of ether oxygens (including phenoxy) is 1. The number of hydrogen-bond donors (Lipinski definition) is 2. The van der Waals surface area contributed by atoms with Crippen molar-refractivity contribution in [1.82, 2.24) is 10.9 Å². The molecule has 1 unspecified atom stereocenters. The highest BCUT2D eigenvalue weighted by molar-refractivity contribution is 5.86. The van der Waals surface area contributed by atoms with E-state index in [2.05, 4.69) is 10.9 Å². The second kappa shape index (κ2) is 6.61. The van der Waals surface area contributed by atoms with Crippen molar-refractivity contribution in [2.24, 2.45) is 5.41 Å². The van der Waals surface area contributed by atoms with Crippen molar-refractivity contribution in [3.05, 3.63) is 29.3 Å². The van der Waals surface area contributed by atoms with Gasteiger partial charge in [-0.25, -0.2) is 0 Å². The Kier molecular flexibility index (Phi) is 5.35. The van der Waals surface area contributed by atoms with E-state index >= 15 is 0 Å². The minimum atomic E-state index is -0.703. The first kappa shape index (κ1) is 17.0. The molecule has 0 bridgehead atoms. The molecule has 1 rings (SSSR count). The van der Waals surface area contributed by atoms with E-state index < -0.39 is 17.4 Å². The number of rotatable bonds is 3. The molecule has 0 radical (unpaired) electrons. The lowest BCUT2D eigenvalue weighted by Gasteiger charge is -2.20. The number of nitrogens with one attached hydrogen (secondary N) is 2. The van der Waals surface area contributed by atoms with Crippen molar-refractivity contribution in [1.29, 1.82) is 0 Å². The lowest BCUT2D eigenvalue weighted by Crippen LogP contribution is -2.50. The van der Waals surface area contributed by atoms with Gasteiger partial charge in [-0.2, -0.15) is 0 Å². The fourth-order valence-corrected chi connectivity index (χ4v) is 1.50. The molecule has 0 aliphatic carbocycles. The summed E-state index contributed by atoms with van der Waals surface area (Å²) < 4.78 is 5.64. The molecule has 0 saturated carbocycles. The summed E-state index contributed by atoms with van der Waals surface area (Å²) in [5.74, 6) is 0.0168. The standard InChI is InChI=1S/C16H24N2O3/c1-10-8-7-9-13(11(10)2)21-12(3)14(19)17-18-15(20)16(4,5)6/h7-9,12H,1-6H3,(H,17,19)(H,18,20). The lowest BCUT2D eigenvalue weighted by molar-refractivity contribution is -0.136. The number of carbonyl (C=O) groups excluding carboxylic acids is 2. The second-order valence-electron chi connectivity index (χ2n) is 6.15. The third-order valence-electron chi connectivity index (χ3n) is 3.21. The van der Waals surface area contributed by atoms with Crippen molar-refractivity contribution in [3.8, 4) is 5.75 Å². The van der Waals surface area contributed by atoms with Gasteiger partial charge in [0.05, 0.1) is 0 Å². The Bertz CT molecular complexity index is 533. The smallest absolute Gasteiger partial charge is 0.279 e. The molecule has 0 heterocycles. The van der Waals surface area contributed by atoms with Gasteiger partial charge in [-0.05, 0) is 38.0 Å². The van der Waals surface area contributed by atoms with Crippen molar-refractivity contribution in [2.45, 2.75) is 47.6 Å². The molecule has 0 aliphatic heterocycles. The van der Waals surface area contributed by atoms with Crippen LogP contribution in [0.1, 0.15) is 38.8 Å². The average molecular weight is 292 g/mol. The summed E-state index contributed by atoms with van der Waals surface area (Å²) in [7, 11) is 0. The molecule has 1 aromatic carbocycles. The molecule has 116 valence electrons. The molecule has 5 nitrogen and oxygen atoms in total. The molecule has 0 spiro atoms. The first-order chi connectivity index (χ1) is 9.62. The summed E-state index contributed by atoms with van der Waals surface area (Å²) in [6, 6.07) is 5.68. The average Bonchev–Trinajstić information content (AvgIpc) is 2.39. The highest BCUT2D eigenvalue weighted by Gasteiger charge is 2.23. The normalized spacial score (nSPS) is 12.5. The Labute approximate surface area is 126 Å². The van der Waals surface area contributed by atoms with Gasteiger partial charge in [-0.1, -0.05) is 32.9 Å². The van der Waals surface area contributed by atoms with E-state index in [9.17, 15) is 9.59 Å². The number of benzene rings is 1. The molecular weight excluding hydrogens is 268 g/mol. The van der Waals surface area contributed by atoms with Gasteiger partial charge in [0.25, 0.3) is 5.91 Å². The monoisotopic (exact) mass is 292 g/mol. The number of amides is 2. The van der Waals surface area contributed by atoms with E-state index in [1.54, 1.807) is 27.7 Å². The Morgan fingerprint density at radius 1 is 1.14 bits per heavy atom.